The van der Waals surface area contributed by atoms with Crippen LogP contribution in [0.4, 0.5) is 0 Å². The second kappa shape index (κ2) is 7.63. The molecule has 0 bridgehead atoms. The predicted octanol–water partition coefficient (Wildman–Crippen LogP) is -0.405. The van der Waals surface area contributed by atoms with Gasteiger partial charge in [0, 0.05) is 45.9 Å². The van der Waals surface area contributed by atoms with Gasteiger partial charge >= 0.3 is 0 Å². The summed E-state index contributed by atoms with van der Waals surface area (Å²) in [6.45, 7) is 1.03. The van der Waals surface area contributed by atoms with Gasteiger partial charge in [0.05, 0.1) is 0 Å². The minimum atomic E-state index is -0.598. The summed E-state index contributed by atoms with van der Waals surface area (Å²) in [5, 5.41) is 2.63. The number of likely N-dealkylation sites (tertiary alicyclic amines) is 1. The van der Waals surface area contributed by atoms with E-state index in [4.69, 9.17) is 4.74 Å². The molecule has 106 valence electrons. The Morgan fingerprint density at radius 1 is 1.21 bits per heavy atom. The lowest BCUT2D eigenvalue weighted by Gasteiger charge is -2.11. The Morgan fingerprint density at radius 3 is 2.42 bits per heavy atom. The number of ether oxygens (including phenoxy) is 1. The second-order valence-corrected chi connectivity index (χ2v) is 4.21. The van der Waals surface area contributed by atoms with Crippen molar-refractivity contribution >= 4 is 23.6 Å². The topological polar surface area (TPSA) is 92.8 Å². The molecule has 0 spiro atoms. The Balaban J connectivity index is 2.24. The van der Waals surface area contributed by atoms with Gasteiger partial charge in [-0.15, -0.1) is 0 Å². The maximum Gasteiger partial charge on any atom is 0.236 e. The van der Waals surface area contributed by atoms with Crippen LogP contribution >= 0.6 is 0 Å². The molecular weight excluding hydrogens is 252 g/mol. The number of hydrogen-bond donors (Lipinski definition) is 1. The van der Waals surface area contributed by atoms with Crippen LogP contribution in [0.15, 0.2) is 0 Å². The van der Waals surface area contributed by atoms with E-state index in [1.165, 1.54) is 0 Å². The molecule has 0 aromatic heterocycles. The number of amides is 4. The Morgan fingerprint density at radius 2 is 1.84 bits per heavy atom. The smallest absolute Gasteiger partial charge is 0.236 e. The summed E-state index contributed by atoms with van der Waals surface area (Å²) in [7, 11) is 1.57. The number of carbonyl (C=O) groups excluding carboxylic acids is 4. The first-order valence-electron chi connectivity index (χ1n) is 6.20. The molecule has 7 heteroatoms. The van der Waals surface area contributed by atoms with E-state index >= 15 is 0 Å². The number of rotatable bonds is 7. The van der Waals surface area contributed by atoms with Crippen molar-refractivity contribution in [1.82, 2.24) is 10.2 Å². The Labute approximate surface area is 111 Å². The molecule has 1 heterocycles. The molecule has 1 saturated heterocycles. The summed E-state index contributed by atoms with van der Waals surface area (Å²) in [5.41, 5.74) is 0. The molecule has 19 heavy (non-hydrogen) atoms. The van der Waals surface area contributed by atoms with Crippen LogP contribution in [0.5, 0.6) is 0 Å². The quantitative estimate of drug-likeness (QED) is 0.501. The average Bonchev–Trinajstić information content (AvgIpc) is 2.71. The van der Waals surface area contributed by atoms with Crippen LogP contribution < -0.4 is 5.32 Å². The van der Waals surface area contributed by atoms with E-state index in [9.17, 15) is 19.2 Å². The molecule has 0 aromatic carbocycles. The Hall–Kier alpha value is -1.76. The lowest BCUT2D eigenvalue weighted by molar-refractivity contribution is -0.150. The normalized spacial score (nSPS) is 14.9. The van der Waals surface area contributed by atoms with E-state index in [2.05, 4.69) is 5.32 Å². The minimum Gasteiger partial charge on any atom is -0.385 e. The average molecular weight is 270 g/mol. The first kappa shape index (κ1) is 15.3. The van der Waals surface area contributed by atoms with Gasteiger partial charge in [0.15, 0.2) is 0 Å². The van der Waals surface area contributed by atoms with E-state index in [1.54, 1.807) is 7.11 Å². The van der Waals surface area contributed by atoms with Crippen molar-refractivity contribution in [3.8, 4) is 0 Å². The lowest BCUT2D eigenvalue weighted by Crippen LogP contribution is -2.36. The van der Waals surface area contributed by atoms with Gasteiger partial charge in [0.25, 0.3) is 0 Å². The van der Waals surface area contributed by atoms with Gasteiger partial charge < -0.3 is 10.1 Å². The molecule has 1 N–H and O–H groups in total. The number of nitrogens with one attached hydrogen (secondary N) is 1. The van der Waals surface area contributed by atoms with Crippen molar-refractivity contribution in [2.45, 2.75) is 32.1 Å². The van der Waals surface area contributed by atoms with Crippen molar-refractivity contribution in [2.75, 3.05) is 20.3 Å². The van der Waals surface area contributed by atoms with E-state index in [1.807, 2.05) is 0 Å². The molecular formula is C12H18N2O5. The van der Waals surface area contributed by atoms with E-state index in [0.717, 1.165) is 0 Å². The second-order valence-electron chi connectivity index (χ2n) is 4.21. The molecule has 1 rings (SSSR count). The molecule has 0 aliphatic carbocycles. The van der Waals surface area contributed by atoms with Gasteiger partial charge in [-0.3, -0.25) is 19.2 Å². The highest BCUT2D eigenvalue weighted by Crippen LogP contribution is 2.13. The van der Waals surface area contributed by atoms with Crippen molar-refractivity contribution in [3.05, 3.63) is 0 Å². The van der Waals surface area contributed by atoms with Gasteiger partial charge in [-0.1, -0.05) is 0 Å². The van der Waals surface area contributed by atoms with Crippen molar-refractivity contribution < 1.29 is 23.9 Å². The molecule has 0 unspecified atom stereocenters. The maximum absolute atomic E-state index is 11.6. The lowest BCUT2D eigenvalue weighted by atomic mass is 10.2. The number of methoxy groups -OCH3 is 1. The minimum absolute atomic E-state index is 0.0249. The Kier molecular flexibility index (Phi) is 6.14. The van der Waals surface area contributed by atoms with Gasteiger partial charge in [0.1, 0.15) is 0 Å². The molecule has 1 aliphatic rings. The fourth-order valence-electron chi connectivity index (χ4n) is 1.72. The zero-order valence-corrected chi connectivity index (χ0v) is 10.9. The number of carbonyl (C=O) groups is 4. The van der Waals surface area contributed by atoms with Gasteiger partial charge in [0.2, 0.25) is 23.6 Å². The molecule has 1 fully saturated rings. The maximum atomic E-state index is 11.6. The summed E-state index contributed by atoms with van der Waals surface area (Å²) in [6.07, 6.45) is 0.692. The van der Waals surface area contributed by atoms with Gasteiger partial charge in [-0.05, 0) is 6.42 Å². The van der Waals surface area contributed by atoms with E-state index < -0.39 is 17.7 Å². The van der Waals surface area contributed by atoms with Crippen molar-refractivity contribution in [1.29, 1.82) is 0 Å². The molecule has 1 aliphatic heterocycles. The summed E-state index contributed by atoms with van der Waals surface area (Å²) >= 11 is 0. The van der Waals surface area contributed by atoms with E-state index in [0.29, 0.717) is 24.5 Å². The number of imide groups is 3. The van der Waals surface area contributed by atoms with Gasteiger partial charge in [-0.25, -0.2) is 4.90 Å². The largest absolute Gasteiger partial charge is 0.385 e. The van der Waals surface area contributed by atoms with Crippen LogP contribution in [0.3, 0.4) is 0 Å². The SMILES string of the molecule is COCCCNC(=O)CCC(=O)N1C(=O)CCC1=O. The van der Waals surface area contributed by atoms with E-state index in [-0.39, 0.29) is 31.6 Å². The fourth-order valence-corrected chi connectivity index (χ4v) is 1.72. The molecule has 7 nitrogen and oxygen atoms in total. The summed E-state index contributed by atoms with van der Waals surface area (Å²) in [6, 6.07) is 0. The van der Waals surface area contributed by atoms with Crippen molar-refractivity contribution in [2.24, 2.45) is 0 Å². The van der Waals surface area contributed by atoms with Crippen LogP contribution in [0.2, 0.25) is 0 Å². The first-order chi connectivity index (χ1) is 9.06. The molecule has 4 amide bonds. The third-order valence-electron chi connectivity index (χ3n) is 2.71. The predicted molar refractivity (Wildman–Crippen MR) is 64.8 cm³/mol. The molecule has 0 atom stereocenters. The third-order valence-corrected chi connectivity index (χ3v) is 2.71. The van der Waals surface area contributed by atoms with Gasteiger partial charge in [-0.2, -0.15) is 0 Å². The highest BCUT2D eigenvalue weighted by molar-refractivity contribution is 6.15. The zero-order valence-electron chi connectivity index (χ0n) is 10.9. The standard InChI is InChI=1S/C12H18N2O5/c1-19-8-2-7-13-9(15)3-4-10(16)14-11(17)5-6-12(14)18/h2-8H2,1H3,(H,13,15). The van der Waals surface area contributed by atoms with Crippen LogP contribution in [0.25, 0.3) is 0 Å². The summed E-state index contributed by atoms with van der Waals surface area (Å²) < 4.78 is 4.83. The molecule has 0 aromatic rings. The van der Waals surface area contributed by atoms with Crippen LogP contribution in [-0.4, -0.2) is 48.8 Å². The van der Waals surface area contributed by atoms with Crippen LogP contribution in [0.1, 0.15) is 32.1 Å². The van der Waals surface area contributed by atoms with Crippen LogP contribution in [-0.2, 0) is 23.9 Å². The summed E-state index contributed by atoms with van der Waals surface area (Å²) in [5.74, 6) is -1.82. The van der Waals surface area contributed by atoms with Crippen molar-refractivity contribution in [3.63, 3.8) is 0 Å². The summed E-state index contributed by atoms with van der Waals surface area (Å²) in [4.78, 5) is 46.2. The van der Waals surface area contributed by atoms with Crippen LogP contribution in [0, 0.1) is 0 Å². The molecule has 0 saturated carbocycles. The first-order valence-corrected chi connectivity index (χ1v) is 6.20. The number of nitrogens with zero attached hydrogens (tertiary/aromatic N) is 1. The third kappa shape index (κ3) is 4.78. The molecule has 0 radical (unpaired) electrons. The fraction of sp³-hybridized carbons (Fsp3) is 0.667. The Bertz CT molecular complexity index is 364. The highest BCUT2D eigenvalue weighted by atomic mass is 16.5. The number of hydrogen-bond acceptors (Lipinski definition) is 5. The highest BCUT2D eigenvalue weighted by Gasteiger charge is 2.33. The monoisotopic (exact) mass is 270 g/mol. The zero-order chi connectivity index (χ0) is 14.3.